The predicted molar refractivity (Wildman–Crippen MR) is 69.3 cm³/mol. The molecular weight excluding hydrogens is 264 g/mol. The maximum Gasteiger partial charge on any atom is 0.215 e. The number of hydrazine groups is 1. The third-order valence-electron chi connectivity index (χ3n) is 3.12. The third-order valence-corrected chi connectivity index (χ3v) is 4.00. The molecule has 0 bridgehead atoms. The number of hydrogen-bond acceptors (Lipinski definition) is 8. The molecular formula is C10H14N8S. The molecule has 0 atom stereocenters. The van der Waals surface area contributed by atoms with Gasteiger partial charge in [-0.25, -0.2) is 20.5 Å². The van der Waals surface area contributed by atoms with Crippen LogP contribution in [0.4, 0.5) is 5.82 Å². The van der Waals surface area contributed by atoms with Crippen molar-refractivity contribution < 1.29 is 0 Å². The van der Waals surface area contributed by atoms with Gasteiger partial charge >= 0.3 is 0 Å². The Balaban J connectivity index is 1.81. The van der Waals surface area contributed by atoms with E-state index in [0.717, 1.165) is 23.0 Å². The summed E-state index contributed by atoms with van der Waals surface area (Å²) < 4.78 is 1.90. The van der Waals surface area contributed by atoms with E-state index in [2.05, 4.69) is 30.9 Å². The van der Waals surface area contributed by atoms with Crippen molar-refractivity contribution in [3.05, 3.63) is 12.4 Å². The average molecular weight is 278 g/mol. The van der Waals surface area contributed by atoms with Gasteiger partial charge in [-0.05, 0) is 35.0 Å². The summed E-state index contributed by atoms with van der Waals surface area (Å²) in [6, 6.07) is 2.17. The first-order valence-electron chi connectivity index (χ1n) is 6.11. The Morgan fingerprint density at radius 2 is 2.16 bits per heavy atom. The van der Waals surface area contributed by atoms with E-state index in [1.165, 1.54) is 30.9 Å². The van der Waals surface area contributed by atoms with Crippen LogP contribution in [0.1, 0.15) is 31.7 Å². The molecule has 3 N–H and O–H groups in total. The molecule has 0 aromatic carbocycles. The summed E-state index contributed by atoms with van der Waals surface area (Å²) in [6.45, 7) is 0. The molecule has 0 radical (unpaired) electrons. The molecule has 1 saturated carbocycles. The smallest absolute Gasteiger partial charge is 0.215 e. The molecule has 2 aromatic heterocycles. The predicted octanol–water partition coefficient (Wildman–Crippen LogP) is 1.01. The first-order valence-corrected chi connectivity index (χ1v) is 6.93. The minimum Gasteiger partial charge on any atom is -0.308 e. The van der Waals surface area contributed by atoms with Gasteiger partial charge in [0.1, 0.15) is 17.2 Å². The van der Waals surface area contributed by atoms with E-state index < -0.39 is 0 Å². The van der Waals surface area contributed by atoms with Crippen LogP contribution in [-0.4, -0.2) is 30.2 Å². The van der Waals surface area contributed by atoms with Crippen LogP contribution in [0.15, 0.2) is 22.6 Å². The van der Waals surface area contributed by atoms with Crippen molar-refractivity contribution in [3.63, 3.8) is 0 Å². The van der Waals surface area contributed by atoms with E-state index in [1.807, 2.05) is 4.68 Å². The molecule has 1 aliphatic carbocycles. The van der Waals surface area contributed by atoms with Crippen molar-refractivity contribution >= 4 is 17.6 Å². The molecule has 2 aromatic rings. The first-order chi connectivity index (χ1) is 9.36. The maximum atomic E-state index is 5.33. The molecule has 0 saturated heterocycles. The molecule has 0 spiro atoms. The molecule has 8 nitrogen and oxygen atoms in total. The lowest BCUT2D eigenvalue weighted by molar-refractivity contribution is 0.423. The summed E-state index contributed by atoms with van der Waals surface area (Å²) in [5.41, 5.74) is 2.49. The van der Waals surface area contributed by atoms with Crippen LogP contribution in [0.5, 0.6) is 0 Å². The standard InChI is InChI=1S/C10H14N8S/c11-14-8-5-9(13-6-12-8)19-10-15-16-17-18(10)7-3-1-2-4-7/h5-7H,1-4,11H2,(H,12,13,14). The highest BCUT2D eigenvalue weighted by molar-refractivity contribution is 7.99. The second-order valence-electron chi connectivity index (χ2n) is 4.33. The number of hydrogen-bond donors (Lipinski definition) is 2. The maximum absolute atomic E-state index is 5.33. The summed E-state index contributed by atoms with van der Waals surface area (Å²) in [5, 5.41) is 13.4. The fraction of sp³-hybridized carbons (Fsp3) is 0.500. The quantitative estimate of drug-likeness (QED) is 0.485. The lowest BCUT2D eigenvalue weighted by atomic mass is 10.3. The second kappa shape index (κ2) is 5.49. The van der Waals surface area contributed by atoms with Crippen LogP contribution >= 0.6 is 11.8 Å². The van der Waals surface area contributed by atoms with E-state index in [4.69, 9.17) is 5.84 Å². The number of nitrogen functional groups attached to an aromatic ring is 1. The summed E-state index contributed by atoms with van der Waals surface area (Å²) in [5.74, 6) is 5.89. The van der Waals surface area contributed by atoms with Crippen LogP contribution in [0.25, 0.3) is 0 Å². The van der Waals surface area contributed by atoms with Crippen molar-refractivity contribution in [2.75, 3.05) is 5.43 Å². The first kappa shape index (κ1) is 12.3. The van der Waals surface area contributed by atoms with Crippen molar-refractivity contribution in [1.29, 1.82) is 0 Å². The van der Waals surface area contributed by atoms with Gasteiger partial charge in [-0.3, -0.25) is 0 Å². The molecule has 0 aliphatic heterocycles. The molecule has 19 heavy (non-hydrogen) atoms. The van der Waals surface area contributed by atoms with E-state index in [9.17, 15) is 0 Å². The normalized spacial score (nSPS) is 15.8. The van der Waals surface area contributed by atoms with Crippen molar-refractivity contribution in [2.24, 2.45) is 5.84 Å². The molecule has 100 valence electrons. The zero-order valence-electron chi connectivity index (χ0n) is 10.2. The Hall–Kier alpha value is -1.74. The van der Waals surface area contributed by atoms with Gasteiger partial charge in [0.05, 0.1) is 6.04 Å². The molecule has 3 rings (SSSR count). The lowest BCUT2D eigenvalue weighted by Gasteiger charge is -2.10. The Bertz CT molecular complexity index is 550. The van der Waals surface area contributed by atoms with Crippen molar-refractivity contribution in [3.8, 4) is 0 Å². The van der Waals surface area contributed by atoms with Gasteiger partial charge in [0.15, 0.2) is 0 Å². The number of aromatic nitrogens is 6. The Morgan fingerprint density at radius 1 is 1.32 bits per heavy atom. The number of nitrogens with zero attached hydrogens (tertiary/aromatic N) is 6. The SMILES string of the molecule is NNc1cc(Sc2nnnn2C2CCCC2)ncn1. The minimum atomic E-state index is 0.409. The summed E-state index contributed by atoms with van der Waals surface area (Å²) >= 11 is 1.42. The van der Waals surface area contributed by atoms with Crippen LogP contribution in [0.3, 0.4) is 0 Å². The Labute approximate surface area is 114 Å². The zero-order chi connectivity index (χ0) is 13.1. The Kier molecular flexibility index (Phi) is 3.56. The van der Waals surface area contributed by atoms with E-state index in [0.29, 0.717) is 11.9 Å². The number of tetrazole rings is 1. The number of anilines is 1. The van der Waals surface area contributed by atoms with E-state index >= 15 is 0 Å². The Morgan fingerprint density at radius 3 is 2.95 bits per heavy atom. The largest absolute Gasteiger partial charge is 0.308 e. The van der Waals surface area contributed by atoms with E-state index in [-0.39, 0.29) is 0 Å². The third kappa shape index (κ3) is 2.66. The van der Waals surface area contributed by atoms with Crippen LogP contribution < -0.4 is 11.3 Å². The number of nitrogens with one attached hydrogen (secondary N) is 1. The number of nitrogens with two attached hydrogens (primary N) is 1. The van der Waals surface area contributed by atoms with Gasteiger partial charge in [0, 0.05) is 6.07 Å². The van der Waals surface area contributed by atoms with Gasteiger partial charge in [0.2, 0.25) is 5.16 Å². The van der Waals surface area contributed by atoms with Gasteiger partial charge < -0.3 is 5.43 Å². The van der Waals surface area contributed by atoms with Gasteiger partial charge in [-0.1, -0.05) is 12.8 Å². The fourth-order valence-electron chi connectivity index (χ4n) is 2.20. The minimum absolute atomic E-state index is 0.409. The van der Waals surface area contributed by atoms with Crippen molar-refractivity contribution in [1.82, 2.24) is 30.2 Å². The van der Waals surface area contributed by atoms with E-state index in [1.54, 1.807) is 6.07 Å². The highest BCUT2D eigenvalue weighted by atomic mass is 32.2. The average Bonchev–Trinajstić information content (AvgIpc) is 3.09. The summed E-state index contributed by atoms with van der Waals surface area (Å²) in [6.07, 6.45) is 6.21. The molecule has 0 amide bonds. The highest BCUT2D eigenvalue weighted by Crippen LogP contribution is 2.33. The summed E-state index contributed by atoms with van der Waals surface area (Å²) in [4.78, 5) is 8.15. The van der Waals surface area contributed by atoms with Crippen LogP contribution in [-0.2, 0) is 0 Å². The second-order valence-corrected chi connectivity index (χ2v) is 5.32. The number of rotatable bonds is 4. The molecule has 2 heterocycles. The lowest BCUT2D eigenvalue weighted by Crippen LogP contribution is -2.09. The van der Waals surface area contributed by atoms with Crippen LogP contribution in [0, 0.1) is 0 Å². The van der Waals surface area contributed by atoms with Crippen LogP contribution in [0.2, 0.25) is 0 Å². The van der Waals surface area contributed by atoms with Gasteiger partial charge in [-0.15, -0.1) is 5.10 Å². The summed E-state index contributed by atoms with van der Waals surface area (Å²) in [7, 11) is 0. The molecule has 0 unspecified atom stereocenters. The van der Waals surface area contributed by atoms with Crippen molar-refractivity contribution in [2.45, 2.75) is 41.9 Å². The topological polar surface area (TPSA) is 107 Å². The highest BCUT2D eigenvalue weighted by Gasteiger charge is 2.22. The molecule has 1 fully saturated rings. The molecule has 9 heteroatoms. The molecule has 1 aliphatic rings. The zero-order valence-corrected chi connectivity index (χ0v) is 11.0. The monoisotopic (exact) mass is 278 g/mol. The fourth-order valence-corrected chi connectivity index (χ4v) is 3.01. The van der Waals surface area contributed by atoms with Gasteiger partial charge in [-0.2, -0.15) is 0 Å². The van der Waals surface area contributed by atoms with Gasteiger partial charge in [0.25, 0.3) is 0 Å².